The Balaban J connectivity index is 1.52. The van der Waals surface area contributed by atoms with E-state index < -0.39 is 0 Å². The van der Waals surface area contributed by atoms with Crippen LogP contribution < -0.4 is 11.1 Å². The van der Waals surface area contributed by atoms with Crippen molar-refractivity contribution in [3.05, 3.63) is 53.0 Å². The highest BCUT2D eigenvalue weighted by Crippen LogP contribution is 2.36. The molecule has 28 heavy (non-hydrogen) atoms. The Morgan fingerprint density at radius 2 is 2.07 bits per heavy atom. The van der Waals surface area contributed by atoms with Crippen LogP contribution in [0.15, 0.2) is 36.0 Å². The fraction of sp³-hybridized carbons (Fsp3) is 0.158. The number of aryl methyl sites for hydroxylation is 1. The van der Waals surface area contributed by atoms with Gasteiger partial charge in [0.25, 0.3) is 0 Å². The van der Waals surface area contributed by atoms with Crippen molar-refractivity contribution in [2.45, 2.75) is 12.8 Å². The zero-order valence-corrected chi connectivity index (χ0v) is 15.6. The molecular weight excluding hydrogens is 377 g/mol. The van der Waals surface area contributed by atoms with Crippen LogP contribution in [-0.4, -0.2) is 26.7 Å². The summed E-state index contributed by atoms with van der Waals surface area (Å²) in [6.07, 6.45) is 2.93. The molecule has 3 aromatic heterocycles. The first-order chi connectivity index (χ1) is 13.7. The molecule has 0 fully saturated rings. The molecule has 4 N–H and O–H groups in total. The zero-order valence-electron chi connectivity index (χ0n) is 14.7. The number of fused-ring (bicyclic) bond motifs is 1. The number of H-pyrrole nitrogens is 1. The molecule has 4 aromatic rings. The van der Waals surface area contributed by atoms with Crippen LogP contribution in [0, 0.1) is 17.1 Å². The number of thiophene rings is 1. The molecule has 0 amide bonds. The molecule has 0 atom stereocenters. The number of rotatable bonds is 6. The summed E-state index contributed by atoms with van der Waals surface area (Å²) in [5, 5.41) is 22.1. The fourth-order valence-corrected chi connectivity index (χ4v) is 3.94. The van der Waals surface area contributed by atoms with Gasteiger partial charge in [0.2, 0.25) is 0 Å². The van der Waals surface area contributed by atoms with E-state index in [-0.39, 0.29) is 11.6 Å². The van der Waals surface area contributed by atoms with Gasteiger partial charge in [-0.05, 0) is 30.5 Å². The summed E-state index contributed by atoms with van der Waals surface area (Å²) in [5.41, 5.74) is 8.68. The van der Waals surface area contributed by atoms with Crippen molar-refractivity contribution in [1.82, 2.24) is 20.2 Å². The van der Waals surface area contributed by atoms with E-state index in [9.17, 15) is 4.39 Å². The van der Waals surface area contributed by atoms with Gasteiger partial charge in [0.1, 0.15) is 34.4 Å². The highest BCUT2D eigenvalue weighted by Gasteiger charge is 2.14. The van der Waals surface area contributed by atoms with Crippen molar-refractivity contribution in [1.29, 1.82) is 5.26 Å². The second-order valence-corrected chi connectivity index (χ2v) is 7.02. The predicted molar refractivity (Wildman–Crippen MR) is 107 cm³/mol. The molecule has 0 saturated heterocycles. The number of nitrogens with zero attached hydrogens (tertiary/aromatic N) is 4. The van der Waals surface area contributed by atoms with Crippen molar-refractivity contribution < 1.29 is 4.39 Å². The zero-order chi connectivity index (χ0) is 19.5. The van der Waals surface area contributed by atoms with E-state index in [1.54, 1.807) is 12.1 Å². The van der Waals surface area contributed by atoms with Crippen LogP contribution in [0.2, 0.25) is 0 Å². The van der Waals surface area contributed by atoms with Crippen LogP contribution >= 0.6 is 11.3 Å². The normalized spacial score (nSPS) is 10.9. The van der Waals surface area contributed by atoms with Gasteiger partial charge < -0.3 is 11.1 Å². The number of nitrogens with one attached hydrogen (secondary N) is 2. The average Bonchev–Trinajstić information content (AvgIpc) is 3.29. The number of nitrogens with two attached hydrogens (primary N) is 1. The van der Waals surface area contributed by atoms with Crippen molar-refractivity contribution in [3.63, 3.8) is 0 Å². The monoisotopic (exact) mass is 393 g/mol. The van der Waals surface area contributed by atoms with Crippen LogP contribution in [0.25, 0.3) is 21.3 Å². The second kappa shape index (κ2) is 7.62. The standard InChI is InChI=1S/C19H16FN7S/c20-12-5-3-11(4-6-12)14-9-28-19-16(14)18(24-10-25-19)23-7-1-2-15-13(8-21)17(22)27-26-15/h3-6,9-10H,1-2,7H2,(H3,22,26,27)(H,23,24,25). The van der Waals surface area contributed by atoms with Crippen LogP contribution in [-0.2, 0) is 6.42 Å². The number of hydrogen-bond acceptors (Lipinski definition) is 7. The third-order valence-corrected chi connectivity index (χ3v) is 5.29. The van der Waals surface area contributed by atoms with Crippen LogP contribution in [0.5, 0.6) is 0 Å². The lowest BCUT2D eigenvalue weighted by atomic mass is 10.1. The van der Waals surface area contributed by atoms with Crippen LogP contribution in [0.1, 0.15) is 17.7 Å². The molecule has 0 aliphatic heterocycles. The van der Waals surface area contributed by atoms with E-state index in [0.717, 1.165) is 39.3 Å². The lowest BCUT2D eigenvalue weighted by molar-refractivity contribution is 0.628. The van der Waals surface area contributed by atoms with E-state index in [2.05, 4.69) is 31.6 Å². The van der Waals surface area contributed by atoms with Gasteiger partial charge >= 0.3 is 0 Å². The molecule has 0 aliphatic carbocycles. The Hall–Kier alpha value is -3.51. The van der Waals surface area contributed by atoms with E-state index in [1.807, 2.05) is 5.38 Å². The molecule has 0 saturated carbocycles. The molecule has 0 unspecified atom stereocenters. The lowest BCUT2D eigenvalue weighted by Crippen LogP contribution is -2.06. The van der Waals surface area contributed by atoms with E-state index >= 15 is 0 Å². The maximum Gasteiger partial charge on any atom is 0.163 e. The van der Waals surface area contributed by atoms with Crippen LogP contribution in [0.4, 0.5) is 16.0 Å². The summed E-state index contributed by atoms with van der Waals surface area (Å²) in [5.74, 6) is 0.689. The summed E-state index contributed by atoms with van der Waals surface area (Å²) >= 11 is 1.52. The third kappa shape index (κ3) is 3.37. The minimum absolute atomic E-state index is 0.227. The molecule has 0 radical (unpaired) electrons. The molecule has 140 valence electrons. The van der Waals surface area contributed by atoms with Gasteiger partial charge in [-0.2, -0.15) is 10.4 Å². The molecule has 3 heterocycles. The summed E-state index contributed by atoms with van der Waals surface area (Å²) in [7, 11) is 0. The van der Waals surface area contributed by atoms with Gasteiger partial charge in [-0.3, -0.25) is 5.10 Å². The van der Waals surface area contributed by atoms with Gasteiger partial charge in [-0.15, -0.1) is 11.3 Å². The molecule has 4 rings (SSSR count). The molecule has 1 aromatic carbocycles. The lowest BCUT2D eigenvalue weighted by Gasteiger charge is -2.08. The van der Waals surface area contributed by atoms with Crippen molar-refractivity contribution in [3.8, 4) is 17.2 Å². The van der Waals surface area contributed by atoms with Gasteiger partial charge in [-0.25, -0.2) is 14.4 Å². The summed E-state index contributed by atoms with van der Waals surface area (Å²) in [6, 6.07) is 8.45. The molecule has 9 heteroatoms. The quantitative estimate of drug-likeness (QED) is 0.430. The number of hydrogen-bond donors (Lipinski definition) is 3. The number of aromatic amines is 1. The number of benzene rings is 1. The molecule has 0 spiro atoms. The second-order valence-electron chi connectivity index (χ2n) is 6.16. The minimum atomic E-state index is -0.269. The average molecular weight is 393 g/mol. The topological polar surface area (TPSA) is 116 Å². The molecular formula is C19H16FN7S. The van der Waals surface area contributed by atoms with Crippen molar-refractivity contribution in [2.24, 2.45) is 0 Å². The predicted octanol–water partition coefficient (Wildman–Crippen LogP) is 3.72. The van der Waals surface area contributed by atoms with Crippen molar-refractivity contribution in [2.75, 3.05) is 17.6 Å². The summed E-state index contributed by atoms with van der Waals surface area (Å²) < 4.78 is 13.3. The smallest absolute Gasteiger partial charge is 0.163 e. The Bertz CT molecular complexity index is 1160. The van der Waals surface area contributed by atoms with Gasteiger partial charge in [0.05, 0.1) is 11.1 Å². The van der Waals surface area contributed by atoms with Gasteiger partial charge in [-0.1, -0.05) is 12.1 Å². The first-order valence-electron chi connectivity index (χ1n) is 8.62. The largest absolute Gasteiger partial charge is 0.381 e. The first kappa shape index (κ1) is 17.9. The number of nitrogen functional groups attached to an aromatic ring is 1. The summed E-state index contributed by atoms with van der Waals surface area (Å²) in [6.45, 7) is 0.647. The molecule has 0 bridgehead atoms. The van der Waals surface area contributed by atoms with E-state index in [4.69, 9.17) is 11.0 Å². The number of anilines is 2. The van der Waals surface area contributed by atoms with E-state index in [1.165, 1.54) is 29.8 Å². The molecule has 7 nitrogen and oxygen atoms in total. The first-order valence-corrected chi connectivity index (χ1v) is 9.50. The maximum atomic E-state index is 13.3. The summed E-state index contributed by atoms with van der Waals surface area (Å²) in [4.78, 5) is 9.59. The van der Waals surface area contributed by atoms with Gasteiger partial charge in [0.15, 0.2) is 5.82 Å². The fourth-order valence-electron chi connectivity index (χ4n) is 3.02. The van der Waals surface area contributed by atoms with Gasteiger partial charge in [0, 0.05) is 17.5 Å². The third-order valence-electron chi connectivity index (χ3n) is 4.40. The van der Waals surface area contributed by atoms with Crippen molar-refractivity contribution >= 4 is 33.2 Å². The number of aromatic nitrogens is 4. The molecule has 0 aliphatic rings. The number of halogens is 1. The SMILES string of the molecule is N#Cc1c(N)n[nH]c1CCCNc1ncnc2scc(-c3ccc(F)cc3)c12. The Morgan fingerprint density at radius 3 is 2.86 bits per heavy atom. The Labute approximate surface area is 164 Å². The highest BCUT2D eigenvalue weighted by atomic mass is 32.1. The maximum absolute atomic E-state index is 13.3. The Morgan fingerprint density at radius 1 is 1.25 bits per heavy atom. The highest BCUT2D eigenvalue weighted by molar-refractivity contribution is 7.17. The minimum Gasteiger partial charge on any atom is -0.381 e. The van der Waals surface area contributed by atoms with Crippen LogP contribution in [0.3, 0.4) is 0 Å². The Kier molecular flexibility index (Phi) is 4.87. The number of nitriles is 1. The van der Waals surface area contributed by atoms with E-state index in [0.29, 0.717) is 18.5 Å².